The standard InChI is InChI=1S/C13H16BrNO/c1-8-4-9(8)6-15-7-10-5-11(14)2-3-12(10)13(15)16/h2-3,8-10H,4-7H2,1H3. The molecule has 1 amide bonds. The number of fused-ring (bicyclic) bond motifs is 1. The van der Waals surface area contributed by atoms with Crippen molar-refractivity contribution in [1.82, 2.24) is 4.90 Å². The number of amides is 1. The largest absolute Gasteiger partial charge is 0.338 e. The zero-order chi connectivity index (χ0) is 11.3. The third-order valence-electron chi connectivity index (χ3n) is 4.03. The predicted molar refractivity (Wildman–Crippen MR) is 67.1 cm³/mol. The van der Waals surface area contributed by atoms with Crippen LogP contribution in [0.4, 0.5) is 0 Å². The molecule has 3 heteroatoms. The lowest BCUT2D eigenvalue weighted by atomic mass is 9.94. The van der Waals surface area contributed by atoms with Crippen LogP contribution < -0.4 is 0 Å². The maximum atomic E-state index is 12.1. The SMILES string of the molecule is CC1CC1CN1CC2CC(Br)=CC=C2C1=O. The van der Waals surface area contributed by atoms with Crippen LogP contribution in [0.1, 0.15) is 19.8 Å². The van der Waals surface area contributed by atoms with Gasteiger partial charge in [-0.3, -0.25) is 4.79 Å². The Hall–Kier alpha value is -0.570. The molecule has 2 fully saturated rings. The highest BCUT2D eigenvalue weighted by atomic mass is 79.9. The summed E-state index contributed by atoms with van der Waals surface area (Å²) in [5, 5.41) is 0. The summed E-state index contributed by atoms with van der Waals surface area (Å²) >= 11 is 3.52. The minimum atomic E-state index is 0.278. The molecular weight excluding hydrogens is 266 g/mol. The van der Waals surface area contributed by atoms with Gasteiger partial charge in [-0.15, -0.1) is 0 Å². The number of nitrogens with zero attached hydrogens (tertiary/aromatic N) is 1. The molecule has 2 nitrogen and oxygen atoms in total. The molecule has 0 N–H and O–H groups in total. The van der Waals surface area contributed by atoms with Crippen molar-refractivity contribution in [2.75, 3.05) is 13.1 Å². The minimum Gasteiger partial charge on any atom is -0.338 e. The second-order valence-corrected chi connectivity index (χ2v) is 6.34. The van der Waals surface area contributed by atoms with Crippen LogP contribution in [-0.4, -0.2) is 23.9 Å². The summed E-state index contributed by atoms with van der Waals surface area (Å²) in [6, 6.07) is 0. The molecule has 86 valence electrons. The first kappa shape index (κ1) is 10.6. The van der Waals surface area contributed by atoms with Crippen molar-refractivity contribution >= 4 is 21.8 Å². The predicted octanol–water partition coefficient (Wildman–Crippen LogP) is 2.71. The molecule has 1 heterocycles. The van der Waals surface area contributed by atoms with Crippen molar-refractivity contribution in [3.05, 3.63) is 22.2 Å². The maximum absolute atomic E-state index is 12.1. The van der Waals surface area contributed by atoms with Crippen molar-refractivity contribution in [1.29, 1.82) is 0 Å². The van der Waals surface area contributed by atoms with Crippen LogP contribution in [-0.2, 0) is 4.79 Å². The van der Waals surface area contributed by atoms with E-state index in [2.05, 4.69) is 27.8 Å². The van der Waals surface area contributed by atoms with Crippen molar-refractivity contribution in [3.8, 4) is 0 Å². The van der Waals surface area contributed by atoms with E-state index in [9.17, 15) is 4.79 Å². The van der Waals surface area contributed by atoms with Crippen LogP contribution in [0.5, 0.6) is 0 Å². The summed E-state index contributed by atoms with van der Waals surface area (Å²) in [6.07, 6.45) is 6.31. The first-order valence-corrected chi connectivity index (χ1v) is 6.80. The van der Waals surface area contributed by atoms with E-state index in [0.29, 0.717) is 5.92 Å². The van der Waals surface area contributed by atoms with Gasteiger partial charge in [0, 0.05) is 24.6 Å². The van der Waals surface area contributed by atoms with E-state index < -0.39 is 0 Å². The number of rotatable bonds is 2. The van der Waals surface area contributed by atoms with Gasteiger partial charge in [0.2, 0.25) is 5.91 Å². The Balaban J connectivity index is 1.71. The van der Waals surface area contributed by atoms with Crippen LogP contribution in [0.2, 0.25) is 0 Å². The molecule has 3 atom stereocenters. The molecular formula is C13H16BrNO. The van der Waals surface area contributed by atoms with Gasteiger partial charge in [0.1, 0.15) is 0 Å². The first-order valence-electron chi connectivity index (χ1n) is 6.00. The molecule has 16 heavy (non-hydrogen) atoms. The Morgan fingerprint density at radius 2 is 2.25 bits per heavy atom. The molecule has 0 aromatic carbocycles. The second kappa shape index (κ2) is 3.73. The quantitative estimate of drug-likeness (QED) is 0.762. The zero-order valence-corrected chi connectivity index (χ0v) is 11.0. The molecule has 1 saturated heterocycles. The van der Waals surface area contributed by atoms with Crippen LogP contribution in [0.15, 0.2) is 22.2 Å². The van der Waals surface area contributed by atoms with Crippen molar-refractivity contribution in [2.24, 2.45) is 17.8 Å². The van der Waals surface area contributed by atoms with Crippen LogP contribution in [0.25, 0.3) is 0 Å². The molecule has 0 radical (unpaired) electrons. The highest BCUT2D eigenvalue weighted by Crippen LogP contribution is 2.41. The monoisotopic (exact) mass is 281 g/mol. The van der Waals surface area contributed by atoms with Gasteiger partial charge in [0.05, 0.1) is 0 Å². The van der Waals surface area contributed by atoms with Gasteiger partial charge in [0.25, 0.3) is 0 Å². The Morgan fingerprint density at radius 1 is 1.50 bits per heavy atom. The van der Waals surface area contributed by atoms with E-state index in [0.717, 1.165) is 36.9 Å². The van der Waals surface area contributed by atoms with Gasteiger partial charge < -0.3 is 4.90 Å². The zero-order valence-electron chi connectivity index (χ0n) is 9.45. The minimum absolute atomic E-state index is 0.278. The number of carbonyl (C=O) groups excluding carboxylic acids is 1. The second-order valence-electron chi connectivity index (χ2n) is 5.32. The average Bonchev–Trinajstić information content (AvgIpc) is 2.83. The number of hydrogen-bond acceptors (Lipinski definition) is 1. The third-order valence-corrected chi connectivity index (χ3v) is 4.62. The van der Waals surface area contributed by atoms with Crippen molar-refractivity contribution < 1.29 is 4.79 Å². The Morgan fingerprint density at radius 3 is 2.94 bits per heavy atom. The topological polar surface area (TPSA) is 20.3 Å². The summed E-state index contributed by atoms with van der Waals surface area (Å²) in [7, 11) is 0. The van der Waals surface area contributed by atoms with Crippen LogP contribution >= 0.6 is 15.9 Å². The smallest absolute Gasteiger partial charge is 0.250 e. The Labute approximate surface area is 105 Å². The van der Waals surface area contributed by atoms with Gasteiger partial charge >= 0.3 is 0 Å². The highest BCUT2D eigenvalue weighted by Gasteiger charge is 2.41. The van der Waals surface area contributed by atoms with E-state index in [-0.39, 0.29) is 5.91 Å². The van der Waals surface area contributed by atoms with Gasteiger partial charge in [-0.05, 0) is 29.2 Å². The van der Waals surface area contributed by atoms with Gasteiger partial charge in [0.15, 0.2) is 0 Å². The molecule has 0 aromatic rings. The average molecular weight is 282 g/mol. The molecule has 0 bridgehead atoms. The van der Waals surface area contributed by atoms with Crippen LogP contribution in [0, 0.1) is 17.8 Å². The third kappa shape index (κ3) is 1.75. The van der Waals surface area contributed by atoms with E-state index in [1.54, 1.807) is 0 Å². The number of carbonyl (C=O) groups is 1. The first-order chi connectivity index (χ1) is 7.65. The summed E-state index contributed by atoms with van der Waals surface area (Å²) < 4.78 is 1.22. The molecule has 3 unspecified atom stereocenters. The van der Waals surface area contributed by atoms with Crippen molar-refractivity contribution in [3.63, 3.8) is 0 Å². The van der Waals surface area contributed by atoms with E-state index >= 15 is 0 Å². The Kier molecular flexibility index (Phi) is 2.46. The molecule has 3 rings (SSSR count). The van der Waals surface area contributed by atoms with E-state index in [4.69, 9.17) is 0 Å². The highest BCUT2D eigenvalue weighted by molar-refractivity contribution is 9.11. The fourth-order valence-electron chi connectivity index (χ4n) is 2.76. The maximum Gasteiger partial charge on any atom is 0.250 e. The summed E-state index contributed by atoms with van der Waals surface area (Å²) in [5.41, 5.74) is 1.02. The van der Waals surface area contributed by atoms with Gasteiger partial charge in [-0.1, -0.05) is 35.0 Å². The normalized spacial score (nSPS) is 37.0. The summed E-state index contributed by atoms with van der Waals surface area (Å²) in [5.74, 6) is 2.30. The summed E-state index contributed by atoms with van der Waals surface area (Å²) in [6.45, 7) is 4.18. The molecule has 3 aliphatic rings. The molecule has 2 aliphatic carbocycles. The number of hydrogen-bond donors (Lipinski definition) is 0. The fraction of sp³-hybridized carbons (Fsp3) is 0.615. The van der Waals surface area contributed by atoms with Crippen LogP contribution in [0.3, 0.4) is 0 Å². The van der Waals surface area contributed by atoms with Gasteiger partial charge in [-0.2, -0.15) is 0 Å². The molecule has 0 aromatic heterocycles. The lowest BCUT2D eigenvalue weighted by molar-refractivity contribution is -0.125. The van der Waals surface area contributed by atoms with E-state index in [1.807, 2.05) is 12.2 Å². The molecule has 1 saturated carbocycles. The van der Waals surface area contributed by atoms with E-state index in [1.165, 1.54) is 10.9 Å². The molecule has 0 spiro atoms. The number of likely N-dealkylation sites (tertiary alicyclic amines) is 1. The lowest BCUT2D eigenvalue weighted by Gasteiger charge is -2.15. The van der Waals surface area contributed by atoms with Gasteiger partial charge in [-0.25, -0.2) is 0 Å². The summed E-state index contributed by atoms with van der Waals surface area (Å²) in [4.78, 5) is 14.2. The Bertz CT molecular complexity index is 399. The fourth-order valence-corrected chi connectivity index (χ4v) is 3.29. The molecule has 1 aliphatic heterocycles. The number of allylic oxidation sites excluding steroid dienone is 3. The number of halogens is 1. The lowest BCUT2D eigenvalue weighted by Crippen LogP contribution is -2.28. The van der Waals surface area contributed by atoms with Crippen molar-refractivity contribution in [2.45, 2.75) is 19.8 Å².